The van der Waals surface area contributed by atoms with Crippen LogP contribution in [0.15, 0.2) is 22.9 Å². The third-order valence-electron chi connectivity index (χ3n) is 3.58. The second-order valence-corrected chi connectivity index (χ2v) is 7.38. The Morgan fingerprint density at radius 3 is 2.74 bits per heavy atom. The lowest BCUT2D eigenvalue weighted by atomic mass is 10.3. The molecule has 0 saturated heterocycles. The van der Waals surface area contributed by atoms with Crippen molar-refractivity contribution in [1.29, 1.82) is 0 Å². The van der Waals surface area contributed by atoms with E-state index in [9.17, 15) is 18.0 Å². The predicted molar refractivity (Wildman–Crippen MR) is 84.7 cm³/mol. The molecule has 0 atom stereocenters. The first kappa shape index (κ1) is 16.4. The fraction of sp³-hybridized carbons (Fsp3) is 0.467. The first-order valence-corrected chi connectivity index (χ1v) is 9.04. The van der Waals surface area contributed by atoms with Crippen LogP contribution >= 0.6 is 22.7 Å². The predicted octanol–water partition coefficient (Wildman–Crippen LogP) is 4.68. The quantitative estimate of drug-likeness (QED) is 0.750. The van der Waals surface area contributed by atoms with Crippen LogP contribution in [-0.2, 0) is 0 Å². The number of alkyl halides is 3. The van der Waals surface area contributed by atoms with Crippen LogP contribution in [-0.4, -0.2) is 35.1 Å². The highest BCUT2D eigenvalue weighted by Gasteiger charge is 2.33. The molecule has 2 heterocycles. The molecule has 0 spiro atoms. The number of aromatic nitrogens is 1. The number of thiazole rings is 1. The molecule has 2 aromatic rings. The average molecular weight is 360 g/mol. The molecule has 1 fully saturated rings. The normalized spacial score (nSPS) is 14.9. The van der Waals surface area contributed by atoms with E-state index in [-0.39, 0.29) is 12.2 Å². The van der Waals surface area contributed by atoms with Crippen LogP contribution in [0.2, 0.25) is 0 Å². The van der Waals surface area contributed by atoms with E-state index in [2.05, 4.69) is 4.98 Å². The lowest BCUT2D eigenvalue weighted by Crippen LogP contribution is -2.36. The Hall–Kier alpha value is -1.41. The van der Waals surface area contributed by atoms with Crippen molar-refractivity contribution in [1.82, 2.24) is 9.88 Å². The number of amides is 1. The highest BCUT2D eigenvalue weighted by molar-refractivity contribution is 7.20. The Labute approximate surface area is 139 Å². The minimum atomic E-state index is -4.26. The molecule has 1 aliphatic rings. The standard InChI is InChI=1S/C15H15F3N2OS2/c16-15(17,18)5-6-20(8-10-3-4-10)14(21)11-9-23-13(19-11)12-2-1-7-22-12/h1-2,7,9-10H,3-6,8H2. The molecule has 124 valence electrons. The van der Waals surface area contributed by atoms with Gasteiger partial charge in [-0.3, -0.25) is 4.79 Å². The summed E-state index contributed by atoms with van der Waals surface area (Å²) in [4.78, 5) is 19.1. The van der Waals surface area contributed by atoms with Gasteiger partial charge < -0.3 is 4.90 Å². The largest absolute Gasteiger partial charge is 0.390 e. The zero-order valence-corrected chi connectivity index (χ0v) is 13.8. The third kappa shape index (κ3) is 4.54. The fourth-order valence-electron chi connectivity index (χ4n) is 2.20. The summed E-state index contributed by atoms with van der Waals surface area (Å²) in [5, 5.41) is 4.27. The van der Waals surface area contributed by atoms with Gasteiger partial charge in [0.25, 0.3) is 5.91 Å². The van der Waals surface area contributed by atoms with Gasteiger partial charge in [0.05, 0.1) is 11.3 Å². The molecular formula is C15H15F3N2OS2. The summed E-state index contributed by atoms with van der Waals surface area (Å²) < 4.78 is 37.4. The zero-order valence-electron chi connectivity index (χ0n) is 12.2. The molecule has 2 aromatic heterocycles. The monoisotopic (exact) mass is 360 g/mol. The van der Waals surface area contributed by atoms with Gasteiger partial charge in [0.2, 0.25) is 0 Å². The van der Waals surface area contributed by atoms with Gasteiger partial charge in [-0.05, 0) is 30.2 Å². The van der Waals surface area contributed by atoms with Crippen molar-refractivity contribution in [2.45, 2.75) is 25.4 Å². The van der Waals surface area contributed by atoms with Gasteiger partial charge >= 0.3 is 6.18 Å². The zero-order chi connectivity index (χ0) is 16.4. The number of hydrogen-bond acceptors (Lipinski definition) is 4. The molecule has 0 unspecified atom stereocenters. The smallest absolute Gasteiger partial charge is 0.337 e. The summed E-state index contributed by atoms with van der Waals surface area (Å²) in [5.41, 5.74) is 0.237. The van der Waals surface area contributed by atoms with Gasteiger partial charge in [0, 0.05) is 18.5 Å². The maximum atomic E-state index is 12.5. The molecule has 3 nitrogen and oxygen atoms in total. The minimum absolute atomic E-state index is 0.237. The van der Waals surface area contributed by atoms with Crippen LogP contribution in [0.3, 0.4) is 0 Å². The molecule has 1 saturated carbocycles. The van der Waals surface area contributed by atoms with E-state index in [4.69, 9.17) is 0 Å². The number of nitrogens with zero attached hydrogens (tertiary/aromatic N) is 2. The Bertz CT molecular complexity index is 663. The highest BCUT2D eigenvalue weighted by atomic mass is 32.1. The molecule has 23 heavy (non-hydrogen) atoms. The maximum absolute atomic E-state index is 12.5. The number of carbonyl (C=O) groups excluding carboxylic acids is 1. The van der Waals surface area contributed by atoms with Crippen molar-refractivity contribution in [3.63, 3.8) is 0 Å². The number of rotatable bonds is 6. The molecule has 0 N–H and O–H groups in total. The van der Waals surface area contributed by atoms with Gasteiger partial charge in [-0.15, -0.1) is 22.7 Å². The first-order valence-electron chi connectivity index (χ1n) is 7.28. The van der Waals surface area contributed by atoms with E-state index in [0.717, 1.165) is 22.7 Å². The lowest BCUT2D eigenvalue weighted by molar-refractivity contribution is -0.136. The van der Waals surface area contributed by atoms with Gasteiger partial charge in [-0.1, -0.05) is 6.07 Å². The second kappa shape index (κ2) is 6.60. The number of hydrogen-bond donors (Lipinski definition) is 0. The Balaban J connectivity index is 1.71. The van der Waals surface area contributed by atoms with Crippen molar-refractivity contribution in [3.05, 3.63) is 28.6 Å². The van der Waals surface area contributed by atoms with Crippen LogP contribution in [0, 0.1) is 5.92 Å². The summed E-state index contributed by atoms with van der Waals surface area (Å²) in [6.07, 6.45) is -3.28. The van der Waals surface area contributed by atoms with Crippen molar-refractivity contribution in [3.8, 4) is 9.88 Å². The molecular weight excluding hydrogens is 345 g/mol. The number of carbonyl (C=O) groups is 1. The van der Waals surface area contributed by atoms with Crippen molar-refractivity contribution in [2.24, 2.45) is 5.92 Å². The summed E-state index contributed by atoms with van der Waals surface area (Å²) in [7, 11) is 0. The molecule has 0 aliphatic heterocycles. The number of halogens is 3. The van der Waals surface area contributed by atoms with Gasteiger partial charge in [-0.2, -0.15) is 13.2 Å². The minimum Gasteiger partial charge on any atom is -0.337 e. The number of thiophene rings is 1. The van der Waals surface area contributed by atoms with E-state index >= 15 is 0 Å². The summed E-state index contributed by atoms with van der Waals surface area (Å²) >= 11 is 2.86. The van der Waals surface area contributed by atoms with Crippen molar-refractivity contribution < 1.29 is 18.0 Å². The fourth-order valence-corrected chi connectivity index (χ4v) is 3.81. The lowest BCUT2D eigenvalue weighted by Gasteiger charge is -2.22. The molecule has 8 heteroatoms. The molecule has 0 aromatic carbocycles. The van der Waals surface area contributed by atoms with Gasteiger partial charge in [0.15, 0.2) is 0 Å². The van der Waals surface area contributed by atoms with E-state index < -0.39 is 18.5 Å². The van der Waals surface area contributed by atoms with Crippen molar-refractivity contribution >= 4 is 28.6 Å². The van der Waals surface area contributed by atoms with Crippen LogP contribution in [0.5, 0.6) is 0 Å². The second-order valence-electron chi connectivity index (χ2n) is 5.57. The van der Waals surface area contributed by atoms with E-state index in [1.165, 1.54) is 27.6 Å². The summed E-state index contributed by atoms with van der Waals surface area (Å²) in [6, 6.07) is 3.80. The topological polar surface area (TPSA) is 33.2 Å². The van der Waals surface area contributed by atoms with Crippen LogP contribution in [0.1, 0.15) is 29.8 Å². The summed E-state index contributed by atoms with van der Waals surface area (Å²) in [5.74, 6) is -0.0669. The summed E-state index contributed by atoms with van der Waals surface area (Å²) in [6.45, 7) is 0.0888. The van der Waals surface area contributed by atoms with Crippen LogP contribution < -0.4 is 0 Å². The molecule has 1 amide bonds. The van der Waals surface area contributed by atoms with E-state index in [1.807, 2.05) is 17.5 Å². The Morgan fingerprint density at radius 2 is 2.13 bits per heavy atom. The highest BCUT2D eigenvalue weighted by Crippen LogP contribution is 2.32. The first-order chi connectivity index (χ1) is 10.9. The molecule has 0 radical (unpaired) electrons. The SMILES string of the molecule is O=C(c1csc(-c2cccs2)n1)N(CCC(F)(F)F)CC1CC1. The van der Waals surface area contributed by atoms with E-state index in [1.54, 1.807) is 5.38 Å². The molecule has 0 bridgehead atoms. The Morgan fingerprint density at radius 1 is 1.35 bits per heavy atom. The van der Waals surface area contributed by atoms with Crippen LogP contribution in [0.25, 0.3) is 9.88 Å². The molecule has 1 aliphatic carbocycles. The van der Waals surface area contributed by atoms with Gasteiger partial charge in [-0.25, -0.2) is 4.98 Å². The Kier molecular flexibility index (Phi) is 4.72. The van der Waals surface area contributed by atoms with Crippen LogP contribution in [0.4, 0.5) is 13.2 Å². The van der Waals surface area contributed by atoms with E-state index in [0.29, 0.717) is 12.5 Å². The van der Waals surface area contributed by atoms with Crippen molar-refractivity contribution in [2.75, 3.05) is 13.1 Å². The van der Waals surface area contributed by atoms with Gasteiger partial charge in [0.1, 0.15) is 10.7 Å². The third-order valence-corrected chi connectivity index (χ3v) is 5.46. The molecule has 3 rings (SSSR count). The average Bonchev–Trinajstić information content (AvgIpc) is 2.97. The maximum Gasteiger partial charge on any atom is 0.390 e.